The Hall–Kier alpha value is -1.97. The lowest BCUT2D eigenvalue weighted by molar-refractivity contribution is -0.130. The molecule has 0 saturated heterocycles. The minimum atomic E-state index is -0.385. The lowest BCUT2D eigenvalue weighted by Crippen LogP contribution is -2.34. The number of hydrogen-bond donors (Lipinski definition) is 2. The molecule has 0 saturated carbocycles. The molecule has 0 unspecified atom stereocenters. The first kappa shape index (κ1) is 20.3. The minimum absolute atomic E-state index is 0.0438. The molecular weight excluding hydrogens is 420 g/mol. The molecule has 26 heavy (non-hydrogen) atoms. The van der Waals surface area contributed by atoms with Gasteiger partial charge in [0, 0.05) is 44.3 Å². The smallest absolute Gasteiger partial charge is 0.321 e. The van der Waals surface area contributed by atoms with Crippen LogP contribution in [0.15, 0.2) is 34.9 Å². The van der Waals surface area contributed by atoms with E-state index in [1.165, 1.54) is 11.3 Å². The van der Waals surface area contributed by atoms with E-state index in [1.807, 2.05) is 24.3 Å². The van der Waals surface area contributed by atoms with Crippen LogP contribution in [-0.2, 0) is 22.7 Å². The molecule has 1 heterocycles. The highest BCUT2D eigenvalue weighted by atomic mass is 79.9. The van der Waals surface area contributed by atoms with E-state index < -0.39 is 0 Å². The molecule has 0 radical (unpaired) electrons. The van der Waals surface area contributed by atoms with Crippen molar-refractivity contribution in [1.82, 2.24) is 15.2 Å². The van der Waals surface area contributed by atoms with Crippen LogP contribution in [0.5, 0.6) is 0 Å². The number of benzene rings is 1. The molecule has 0 bridgehead atoms. The summed E-state index contributed by atoms with van der Waals surface area (Å²) in [6.45, 7) is 1.22. The number of aromatic nitrogens is 1. The zero-order valence-corrected chi connectivity index (χ0v) is 17.0. The van der Waals surface area contributed by atoms with Crippen LogP contribution in [0.25, 0.3) is 0 Å². The Morgan fingerprint density at radius 3 is 2.85 bits per heavy atom. The molecule has 1 aromatic heterocycles. The number of nitrogens with zero attached hydrogens (tertiary/aromatic N) is 2. The number of carbonyl (C=O) groups is 2. The van der Waals surface area contributed by atoms with Gasteiger partial charge in [-0.2, -0.15) is 0 Å². The number of amides is 3. The summed E-state index contributed by atoms with van der Waals surface area (Å²) in [5.41, 5.74) is 1.03. The number of urea groups is 1. The number of hydrogen-bond acceptors (Lipinski definition) is 5. The maximum atomic E-state index is 12.2. The van der Waals surface area contributed by atoms with Crippen molar-refractivity contribution in [3.8, 4) is 0 Å². The minimum Gasteiger partial charge on any atom is -0.379 e. The van der Waals surface area contributed by atoms with Gasteiger partial charge in [-0.05, 0) is 11.6 Å². The lowest BCUT2D eigenvalue weighted by atomic mass is 10.2. The van der Waals surface area contributed by atoms with E-state index in [4.69, 9.17) is 4.74 Å². The Balaban J connectivity index is 1.71. The molecule has 0 fully saturated rings. The summed E-state index contributed by atoms with van der Waals surface area (Å²) in [5.74, 6) is -0.0438. The van der Waals surface area contributed by atoms with Gasteiger partial charge in [0.25, 0.3) is 0 Å². The standard InChI is InChI=1S/C17H21BrN4O3S/c1-22(10-12-5-3-4-6-14(12)18)15(23)7-8-19-16(24)21-17-20-9-13(26-17)11-25-2/h3-6,9H,7-8,10-11H2,1-2H3,(H2,19,20,21,24). The van der Waals surface area contributed by atoms with Crippen molar-refractivity contribution in [3.63, 3.8) is 0 Å². The van der Waals surface area contributed by atoms with E-state index in [-0.39, 0.29) is 24.9 Å². The second-order valence-corrected chi connectivity index (χ2v) is 7.51. The maximum Gasteiger partial charge on any atom is 0.321 e. The number of rotatable bonds is 8. The molecule has 2 rings (SSSR count). The zero-order valence-electron chi connectivity index (χ0n) is 14.6. The number of nitrogens with one attached hydrogen (secondary N) is 2. The van der Waals surface area contributed by atoms with Gasteiger partial charge in [-0.1, -0.05) is 45.5 Å². The number of methoxy groups -OCH3 is 1. The zero-order chi connectivity index (χ0) is 18.9. The first-order valence-corrected chi connectivity index (χ1v) is 9.56. The van der Waals surface area contributed by atoms with Crippen LogP contribution in [0.3, 0.4) is 0 Å². The number of ether oxygens (including phenoxy) is 1. The molecule has 7 nitrogen and oxygen atoms in total. The van der Waals surface area contributed by atoms with E-state index in [2.05, 4.69) is 31.5 Å². The Kier molecular flexibility index (Phi) is 8.02. The highest BCUT2D eigenvalue weighted by Crippen LogP contribution is 2.19. The van der Waals surface area contributed by atoms with Gasteiger partial charge < -0.3 is 15.0 Å². The summed E-state index contributed by atoms with van der Waals surface area (Å²) in [6, 6.07) is 7.38. The molecule has 0 aliphatic heterocycles. The van der Waals surface area contributed by atoms with Gasteiger partial charge >= 0.3 is 6.03 Å². The van der Waals surface area contributed by atoms with E-state index in [9.17, 15) is 9.59 Å². The fraction of sp³-hybridized carbons (Fsp3) is 0.353. The van der Waals surface area contributed by atoms with Crippen molar-refractivity contribution in [2.45, 2.75) is 19.6 Å². The fourth-order valence-corrected chi connectivity index (χ4v) is 3.35. The average molecular weight is 441 g/mol. The van der Waals surface area contributed by atoms with Gasteiger partial charge in [0.1, 0.15) is 0 Å². The maximum absolute atomic E-state index is 12.2. The van der Waals surface area contributed by atoms with Crippen molar-refractivity contribution in [2.24, 2.45) is 0 Å². The van der Waals surface area contributed by atoms with Gasteiger partial charge in [0.15, 0.2) is 5.13 Å². The number of halogens is 1. The van der Waals surface area contributed by atoms with Crippen LogP contribution >= 0.6 is 27.3 Å². The SMILES string of the molecule is COCc1cnc(NC(=O)NCCC(=O)N(C)Cc2ccccc2Br)s1. The van der Waals surface area contributed by atoms with Crippen LogP contribution in [0.2, 0.25) is 0 Å². The molecule has 0 aliphatic rings. The Labute approximate surface area is 164 Å². The van der Waals surface area contributed by atoms with Gasteiger partial charge in [-0.15, -0.1) is 0 Å². The highest BCUT2D eigenvalue weighted by molar-refractivity contribution is 9.10. The predicted octanol–water partition coefficient (Wildman–Crippen LogP) is 3.22. The Morgan fingerprint density at radius 1 is 1.35 bits per heavy atom. The molecular formula is C17H21BrN4O3S. The summed E-state index contributed by atoms with van der Waals surface area (Å²) in [6.07, 6.45) is 1.88. The van der Waals surface area contributed by atoms with Crippen molar-refractivity contribution < 1.29 is 14.3 Å². The lowest BCUT2D eigenvalue weighted by Gasteiger charge is -2.18. The molecule has 0 spiro atoms. The van der Waals surface area contributed by atoms with E-state index in [0.29, 0.717) is 18.3 Å². The van der Waals surface area contributed by atoms with Gasteiger partial charge in [0.05, 0.1) is 11.5 Å². The van der Waals surface area contributed by atoms with Crippen LogP contribution < -0.4 is 10.6 Å². The Bertz CT molecular complexity index is 753. The largest absolute Gasteiger partial charge is 0.379 e. The third-order valence-corrected chi connectivity index (χ3v) is 5.14. The molecule has 2 N–H and O–H groups in total. The van der Waals surface area contributed by atoms with E-state index >= 15 is 0 Å². The summed E-state index contributed by atoms with van der Waals surface area (Å²) in [5, 5.41) is 5.80. The molecule has 140 valence electrons. The molecule has 9 heteroatoms. The number of anilines is 1. The third kappa shape index (κ3) is 6.40. The second kappa shape index (κ2) is 10.2. The average Bonchev–Trinajstić information content (AvgIpc) is 3.04. The topological polar surface area (TPSA) is 83.6 Å². The summed E-state index contributed by atoms with van der Waals surface area (Å²) in [7, 11) is 3.35. The monoisotopic (exact) mass is 440 g/mol. The third-order valence-electron chi connectivity index (χ3n) is 3.48. The first-order chi connectivity index (χ1) is 12.5. The summed E-state index contributed by atoms with van der Waals surface area (Å²) < 4.78 is 5.97. The number of thiazole rings is 1. The van der Waals surface area contributed by atoms with Crippen LogP contribution in [0.4, 0.5) is 9.93 Å². The Morgan fingerprint density at radius 2 is 2.12 bits per heavy atom. The van der Waals surface area contributed by atoms with Gasteiger partial charge in [-0.25, -0.2) is 9.78 Å². The molecule has 1 aromatic carbocycles. The predicted molar refractivity (Wildman–Crippen MR) is 105 cm³/mol. The molecule has 0 atom stereocenters. The highest BCUT2D eigenvalue weighted by Gasteiger charge is 2.12. The fourth-order valence-electron chi connectivity index (χ4n) is 2.16. The summed E-state index contributed by atoms with van der Waals surface area (Å²) >= 11 is 4.82. The summed E-state index contributed by atoms with van der Waals surface area (Å²) in [4.78, 5) is 30.7. The quantitative estimate of drug-likeness (QED) is 0.659. The van der Waals surface area contributed by atoms with Gasteiger partial charge in [-0.3, -0.25) is 10.1 Å². The van der Waals surface area contributed by atoms with Crippen LogP contribution in [0.1, 0.15) is 16.9 Å². The van der Waals surface area contributed by atoms with Crippen molar-refractivity contribution >= 4 is 44.3 Å². The van der Waals surface area contributed by atoms with Crippen LogP contribution in [-0.4, -0.2) is 42.5 Å². The second-order valence-electron chi connectivity index (χ2n) is 5.54. The molecule has 3 amide bonds. The van der Waals surface area contributed by atoms with Crippen molar-refractivity contribution in [3.05, 3.63) is 45.4 Å². The normalized spacial score (nSPS) is 10.4. The van der Waals surface area contributed by atoms with Crippen LogP contribution in [0, 0.1) is 0 Å². The van der Waals surface area contributed by atoms with E-state index in [1.54, 1.807) is 25.3 Å². The molecule has 0 aliphatic carbocycles. The number of carbonyl (C=O) groups excluding carboxylic acids is 2. The van der Waals surface area contributed by atoms with Gasteiger partial charge in [0.2, 0.25) is 5.91 Å². The van der Waals surface area contributed by atoms with Crippen molar-refractivity contribution in [1.29, 1.82) is 0 Å². The first-order valence-electron chi connectivity index (χ1n) is 7.95. The van der Waals surface area contributed by atoms with Crippen molar-refractivity contribution in [2.75, 3.05) is 26.0 Å². The van der Waals surface area contributed by atoms with E-state index in [0.717, 1.165) is 14.9 Å². The molecule has 2 aromatic rings.